The summed E-state index contributed by atoms with van der Waals surface area (Å²) in [6, 6.07) is 0. The van der Waals surface area contributed by atoms with Crippen molar-refractivity contribution in [2.75, 3.05) is 13.2 Å². The monoisotopic (exact) mass is 600 g/mol. The summed E-state index contributed by atoms with van der Waals surface area (Å²) in [6.07, 6.45) is -0.803. The largest absolute Gasteiger partial charge is 0.394 e. The average Bonchev–Trinajstić information content (AvgIpc) is 3.65. The molecule has 2 aliphatic rings. The second kappa shape index (κ2) is 10.6. The quantitative estimate of drug-likeness (QED) is 0.154. The molecule has 216 valence electrons. The lowest BCUT2D eigenvalue weighted by Crippen LogP contribution is -2.44. The molecular weight excluding hydrogens is 575 g/mol. The van der Waals surface area contributed by atoms with Gasteiger partial charge in [0, 0.05) is 0 Å². The molecule has 4 aromatic heterocycles. The first-order chi connectivity index (χ1) is 18.9. The summed E-state index contributed by atoms with van der Waals surface area (Å²) >= 11 is 11.9. The Labute approximate surface area is 235 Å². The second-order valence-corrected chi connectivity index (χ2v) is 10.5. The molecule has 0 bridgehead atoms. The van der Waals surface area contributed by atoms with Crippen molar-refractivity contribution in [3.05, 3.63) is 35.4 Å². The Morgan fingerprint density at radius 1 is 0.750 bits per heavy atom. The van der Waals surface area contributed by atoms with Crippen LogP contribution in [0, 0.1) is 0 Å². The molecule has 6 rings (SSSR count). The molecule has 2 saturated heterocycles. The van der Waals surface area contributed by atoms with Gasteiger partial charge in [0.1, 0.15) is 58.6 Å². The highest BCUT2D eigenvalue weighted by atomic mass is 35.5. The van der Waals surface area contributed by atoms with Gasteiger partial charge in [0.25, 0.3) is 0 Å². The summed E-state index contributed by atoms with van der Waals surface area (Å²) in [6.45, 7) is 1.99. The highest BCUT2D eigenvalue weighted by Crippen LogP contribution is 2.40. The zero-order valence-electron chi connectivity index (χ0n) is 21.0. The summed E-state index contributed by atoms with van der Waals surface area (Å²) in [7, 11) is 0. The lowest BCUT2D eigenvalue weighted by Gasteiger charge is -2.26. The van der Waals surface area contributed by atoms with E-state index in [9.17, 15) is 20.4 Å². The van der Waals surface area contributed by atoms with Crippen molar-refractivity contribution >= 4 is 45.3 Å². The highest BCUT2D eigenvalue weighted by Gasteiger charge is 2.54. The molecule has 2 aliphatic heterocycles. The van der Waals surface area contributed by atoms with E-state index in [1.54, 1.807) is 0 Å². The van der Waals surface area contributed by atoms with E-state index in [-0.39, 0.29) is 10.3 Å². The minimum absolute atomic E-state index is 0.234. The summed E-state index contributed by atoms with van der Waals surface area (Å²) in [4.78, 5) is 15.8. The van der Waals surface area contributed by atoms with Gasteiger partial charge in [-0.2, -0.15) is 10.2 Å². The Balaban J connectivity index is 0.000000161. The fourth-order valence-electron chi connectivity index (χ4n) is 4.71. The molecule has 4 aromatic rings. The Bertz CT molecular complexity index is 1400. The van der Waals surface area contributed by atoms with Crippen molar-refractivity contribution in [2.45, 2.75) is 61.9 Å². The van der Waals surface area contributed by atoms with Gasteiger partial charge >= 0.3 is 0 Å². The van der Waals surface area contributed by atoms with Crippen LogP contribution in [-0.4, -0.2) is 119 Å². The average molecular weight is 601 g/mol. The highest BCUT2D eigenvalue weighted by molar-refractivity contribution is 6.34. The number of rotatable bonds is 4. The third-order valence-corrected chi connectivity index (χ3v) is 7.60. The van der Waals surface area contributed by atoms with Gasteiger partial charge in [-0.25, -0.2) is 29.3 Å². The molecule has 6 heterocycles. The molecular formula is C22H26Cl2N8O8. The van der Waals surface area contributed by atoms with Crippen LogP contribution in [0.25, 0.3) is 22.1 Å². The summed E-state index contributed by atoms with van der Waals surface area (Å²) in [5.74, 6) is 0. The first-order valence-electron chi connectivity index (χ1n) is 11.9. The van der Waals surface area contributed by atoms with Gasteiger partial charge in [0.05, 0.1) is 36.4 Å². The number of hydrogen-bond donors (Lipinski definition) is 6. The van der Waals surface area contributed by atoms with Crippen LogP contribution in [0.3, 0.4) is 0 Å². The lowest BCUT2D eigenvalue weighted by molar-refractivity contribution is -0.100. The topological polar surface area (TPSA) is 227 Å². The van der Waals surface area contributed by atoms with Gasteiger partial charge in [0.2, 0.25) is 0 Å². The normalized spacial score (nSPS) is 34.0. The van der Waals surface area contributed by atoms with E-state index in [0.29, 0.717) is 22.1 Å². The molecule has 0 spiro atoms. The molecule has 8 atom stereocenters. The van der Waals surface area contributed by atoms with Gasteiger partial charge in [-0.05, 0) is 13.8 Å². The SMILES string of the molecule is C[C@]1(O)[C@H](O)[C@@H](CO)O[C@@H]1n1ncc2c(Cl)ncnc21.C[C@]1(O)[C@H](O)[C@@H](CO)O[C@H]1n1ncc2c(Cl)ncnc21. The predicted octanol–water partition coefficient (Wildman–Crippen LogP) is -1.04. The predicted molar refractivity (Wildman–Crippen MR) is 136 cm³/mol. The van der Waals surface area contributed by atoms with Crippen LogP contribution in [0.4, 0.5) is 0 Å². The van der Waals surface area contributed by atoms with Crippen molar-refractivity contribution in [1.82, 2.24) is 39.5 Å². The number of aromatic nitrogens is 8. The van der Waals surface area contributed by atoms with Crippen molar-refractivity contribution in [2.24, 2.45) is 0 Å². The number of nitrogens with zero attached hydrogens (tertiary/aromatic N) is 8. The Hall–Kier alpha value is -2.64. The number of aliphatic hydroxyl groups excluding tert-OH is 4. The number of hydrogen-bond acceptors (Lipinski definition) is 14. The fourth-order valence-corrected chi connectivity index (χ4v) is 5.06. The van der Waals surface area contributed by atoms with Crippen LogP contribution in [0.2, 0.25) is 10.3 Å². The maximum atomic E-state index is 10.4. The number of ether oxygens (including phenoxy) is 2. The zero-order valence-corrected chi connectivity index (χ0v) is 22.5. The van der Waals surface area contributed by atoms with Crippen molar-refractivity contribution in [1.29, 1.82) is 0 Å². The summed E-state index contributed by atoms with van der Waals surface area (Å²) in [5.41, 5.74) is -2.49. The minimum atomic E-state index is -1.62. The van der Waals surface area contributed by atoms with E-state index in [4.69, 9.17) is 42.9 Å². The molecule has 0 saturated carbocycles. The Morgan fingerprint density at radius 3 is 1.45 bits per heavy atom. The van der Waals surface area contributed by atoms with Gasteiger partial charge in [-0.1, -0.05) is 23.2 Å². The third kappa shape index (κ3) is 4.59. The Morgan fingerprint density at radius 2 is 1.12 bits per heavy atom. The smallest absolute Gasteiger partial charge is 0.183 e. The molecule has 0 aliphatic carbocycles. The van der Waals surface area contributed by atoms with E-state index in [1.807, 2.05) is 0 Å². The van der Waals surface area contributed by atoms with E-state index in [1.165, 1.54) is 48.3 Å². The van der Waals surface area contributed by atoms with Crippen molar-refractivity contribution in [3.63, 3.8) is 0 Å². The van der Waals surface area contributed by atoms with Crippen LogP contribution in [0.5, 0.6) is 0 Å². The van der Waals surface area contributed by atoms with Crippen LogP contribution in [-0.2, 0) is 9.47 Å². The maximum absolute atomic E-state index is 10.4. The minimum Gasteiger partial charge on any atom is -0.394 e. The second-order valence-electron chi connectivity index (χ2n) is 9.74. The number of fused-ring (bicyclic) bond motifs is 2. The molecule has 18 heteroatoms. The van der Waals surface area contributed by atoms with Gasteiger partial charge in [-0.15, -0.1) is 0 Å². The molecule has 0 aromatic carbocycles. The zero-order chi connectivity index (χ0) is 29.0. The van der Waals surface area contributed by atoms with E-state index in [2.05, 4.69) is 30.1 Å². The lowest BCUT2D eigenvalue weighted by atomic mass is 9.97. The van der Waals surface area contributed by atoms with E-state index in [0.717, 1.165) is 0 Å². The molecule has 0 radical (unpaired) electrons. The van der Waals surface area contributed by atoms with Crippen LogP contribution >= 0.6 is 23.2 Å². The van der Waals surface area contributed by atoms with Crippen molar-refractivity contribution < 1.29 is 40.1 Å². The molecule has 0 amide bonds. The van der Waals surface area contributed by atoms with Gasteiger partial charge in [-0.3, -0.25) is 0 Å². The molecule has 2 fully saturated rings. The summed E-state index contributed by atoms with van der Waals surface area (Å²) < 4.78 is 13.6. The van der Waals surface area contributed by atoms with Crippen LogP contribution in [0.1, 0.15) is 26.3 Å². The van der Waals surface area contributed by atoms with Crippen LogP contribution in [0.15, 0.2) is 25.0 Å². The van der Waals surface area contributed by atoms with E-state index < -0.39 is 61.3 Å². The first-order valence-corrected chi connectivity index (χ1v) is 12.7. The third-order valence-electron chi connectivity index (χ3n) is 7.00. The standard InChI is InChI=1S/2C11H13ClN4O4/c2*1-11(19)7(18)6(3-17)20-10(11)16-9-5(2-15-16)8(12)13-4-14-9/h2*2,4,6-7,10,17-19H,3H2,1H3/t6-,7-,10+,11+;6-,7-,10-,11+/m11/s1. The number of halogens is 2. The fraction of sp³-hybridized carbons (Fsp3) is 0.545. The van der Waals surface area contributed by atoms with Crippen molar-refractivity contribution in [3.8, 4) is 0 Å². The summed E-state index contributed by atoms with van der Waals surface area (Å²) in [5, 5.41) is 68.8. The van der Waals surface area contributed by atoms with Crippen LogP contribution < -0.4 is 0 Å². The molecule has 6 N–H and O–H groups in total. The first kappa shape index (κ1) is 28.9. The number of aliphatic hydroxyl groups is 6. The van der Waals surface area contributed by atoms with Gasteiger partial charge in [0.15, 0.2) is 23.8 Å². The molecule has 0 unspecified atom stereocenters. The maximum Gasteiger partial charge on any atom is 0.183 e. The van der Waals surface area contributed by atoms with Gasteiger partial charge < -0.3 is 40.1 Å². The molecule has 16 nitrogen and oxygen atoms in total. The Kier molecular flexibility index (Phi) is 7.68. The molecule has 40 heavy (non-hydrogen) atoms. The van der Waals surface area contributed by atoms with E-state index >= 15 is 0 Å².